The summed E-state index contributed by atoms with van der Waals surface area (Å²) in [5.74, 6) is -0.406. The molecule has 5 heteroatoms. The lowest BCUT2D eigenvalue weighted by molar-refractivity contribution is -0.0261. The first-order chi connectivity index (χ1) is 15.4. The Kier molecular flexibility index (Phi) is 7.39. The van der Waals surface area contributed by atoms with Crippen molar-refractivity contribution in [1.29, 1.82) is 0 Å². The molecule has 4 rings (SSSR count). The Bertz CT molecular complexity index is 952. The second kappa shape index (κ2) is 10.2. The number of likely N-dealkylation sites (tertiary alicyclic amines) is 1. The molecule has 2 nitrogen and oxygen atoms in total. The Labute approximate surface area is 197 Å². The molecule has 1 fully saturated rings. The topological polar surface area (TPSA) is 23.5 Å². The minimum absolute atomic E-state index is 0.0979. The Hall–Kier alpha value is -2.08. The molecule has 0 radical (unpaired) electrons. The van der Waals surface area contributed by atoms with Gasteiger partial charge in [-0.2, -0.15) is 0 Å². The van der Waals surface area contributed by atoms with E-state index in [2.05, 4.69) is 20.8 Å². The molecular formula is C27H28BrF2NO. The fourth-order valence-corrected chi connectivity index (χ4v) is 4.89. The molecule has 0 aliphatic carbocycles. The van der Waals surface area contributed by atoms with Crippen molar-refractivity contribution >= 4 is 15.9 Å². The van der Waals surface area contributed by atoms with Crippen molar-refractivity contribution in [3.05, 3.63) is 106 Å². The number of nitrogens with zero attached hydrogens (tertiary/aromatic N) is 1. The van der Waals surface area contributed by atoms with Crippen LogP contribution in [0.15, 0.2) is 77.3 Å². The van der Waals surface area contributed by atoms with Gasteiger partial charge in [-0.05, 0) is 85.3 Å². The first-order valence-electron chi connectivity index (χ1n) is 11.1. The Morgan fingerprint density at radius 2 is 1.31 bits per heavy atom. The monoisotopic (exact) mass is 499 g/mol. The molecule has 32 heavy (non-hydrogen) atoms. The standard InChI is InChI=1S/C27H28BrF2NO/c28-23-9-7-22(8-10-23)27(32)15-18-31(19-16-27)17-1-2-26(20-3-11-24(29)12-4-20)21-5-13-25(30)14-6-21/h3-14,26,32H,1-2,15-19H2. The molecule has 0 atom stereocenters. The van der Waals surface area contributed by atoms with Crippen LogP contribution in [0.4, 0.5) is 8.78 Å². The van der Waals surface area contributed by atoms with Gasteiger partial charge in [-0.15, -0.1) is 0 Å². The highest BCUT2D eigenvalue weighted by atomic mass is 79.9. The van der Waals surface area contributed by atoms with Gasteiger partial charge in [0.15, 0.2) is 0 Å². The second-order valence-electron chi connectivity index (χ2n) is 8.68. The van der Waals surface area contributed by atoms with E-state index in [-0.39, 0.29) is 17.6 Å². The van der Waals surface area contributed by atoms with Crippen molar-refractivity contribution in [2.24, 2.45) is 0 Å². The SMILES string of the molecule is OC1(c2ccc(Br)cc2)CCN(CCCC(c2ccc(F)cc2)c2ccc(F)cc2)CC1. The fourth-order valence-electron chi connectivity index (χ4n) is 4.63. The third-order valence-electron chi connectivity index (χ3n) is 6.58. The van der Waals surface area contributed by atoms with Crippen LogP contribution in [0.1, 0.15) is 48.3 Å². The van der Waals surface area contributed by atoms with Crippen LogP contribution in [0.25, 0.3) is 0 Å². The summed E-state index contributed by atoms with van der Waals surface area (Å²) in [5.41, 5.74) is 2.30. The van der Waals surface area contributed by atoms with Gasteiger partial charge in [0.1, 0.15) is 11.6 Å². The first kappa shape index (κ1) is 23.1. The van der Waals surface area contributed by atoms with Gasteiger partial charge in [-0.3, -0.25) is 0 Å². The predicted molar refractivity (Wildman–Crippen MR) is 128 cm³/mol. The van der Waals surface area contributed by atoms with Crippen LogP contribution in [0.3, 0.4) is 0 Å². The summed E-state index contributed by atoms with van der Waals surface area (Å²) in [6, 6.07) is 21.2. The summed E-state index contributed by atoms with van der Waals surface area (Å²) in [6.07, 6.45) is 3.29. The molecule has 0 amide bonds. The van der Waals surface area contributed by atoms with Gasteiger partial charge < -0.3 is 10.0 Å². The van der Waals surface area contributed by atoms with Crippen molar-refractivity contribution in [3.8, 4) is 0 Å². The quantitative estimate of drug-likeness (QED) is 0.394. The molecule has 0 aromatic heterocycles. The van der Waals surface area contributed by atoms with E-state index in [1.165, 1.54) is 24.3 Å². The minimum atomic E-state index is -0.762. The Morgan fingerprint density at radius 3 is 1.81 bits per heavy atom. The summed E-state index contributed by atoms with van der Waals surface area (Å²) in [5, 5.41) is 11.1. The molecule has 1 heterocycles. The summed E-state index contributed by atoms with van der Waals surface area (Å²) < 4.78 is 27.9. The highest BCUT2D eigenvalue weighted by Gasteiger charge is 2.33. The molecule has 168 valence electrons. The van der Waals surface area contributed by atoms with E-state index in [0.29, 0.717) is 12.8 Å². The van der Waals surface area contributed by atoms with Gasteiger partial charge in [0.25, 0.3) is 0 Å². The molecule has 1 aliphatic rings. The highest BCUT2D eigenvalue weighted by Crippen LogP contribution is 2.34. The van der Waals surface area contributed by atoms with Crippen molar-refractivity contribution in [1.82, 2.24) is 4.90 Å². The van der Waals surface area contributed by atoms with E-state index in [1.54, 1.807) is 0 Å². The lowest BCUT2D eigenvalue weighted by Crippen LogP contribution is -2.42. The van der Waals surface area contributed by atoms with Gasteiger partial charge >= 0.3 is 0 Å². The van der Waals surface area contributed by atoms with Crippen molar-refractivity contribution in [2.75, 3.05) is 19.6 Å². The molecule has 1 aliphatic heterocycles. The first-order valence-corrected chi connectivity index (χ1v) is 11.9. The summed E-state index contributed by atoms with van der Waals surface area (Å²) in [4.78, 5) is 2.40. The number of aliphatic hydroxyl groups is 1. The van der Waals surface area contributed by atoms with E-state index in [0.717, 1.165) is 53.6 Å². The van der Waals surface area contributed by atoms with Gasteiger partial charge in [-0.1, -0.05) is 52.3 Å². The number of piperidine rings is 1. The highest BCUT2D eigenvalue weighted by molar-refractivity contribution is 9.10. The lowest BCUT2D eigenvalue weighted by atomic mass is 9.84. The number of benzene rings is 3. The maximum absolute atomic E-state index is 13.4. The van der Waals surface area contributed by atoms with Crippen molar-refractivity contribution in [2.45, 2.75) is 37.2 Å². The maximum Gasteiger partial charge on any atom is 0.123 e. The van der Waals surface area contributed by atoms with E-state index < -0.39 is 5.60 Å². The molecular weight excluding hydrogens is 472 g/mol. The summed E-state index contributed by atoms with van der Waals surface area (Å²) in [7, 11) is 0. The zero-order valence-corrected chi connectivity index (χ0v) is 19.6. The number of halogens is 3. The lowest BCUT2D eigenvalue weighted by Gasteiger charge is -2.38. The van der Waals surface area contributed by atoms with E-state index in [9.17, 15) is 13.9 Å². The maximum atomic E-state index is 13.4. The largest absolute Gasteiger partial charge is 0.385 e. The van der Waals surface area contributed by atoms with E-state index in [4.69, 9.17) is 0 Å². The van der Waals surface area contributed by atoms with Gasteiger partial charge in [0, 0.05) is 23.5 Å². The predicted octanol–water partition coefficient (Wildman–Crippen LogP) is 6.62. The van der Waals surface area contributed by atoms with Crippen LogP contribution in [0.5, 0.6) is 0 Å². The third kappa shape index (κ3) is 5.64. The van der Waals surface area contributed by atoms with Crippen molar-refractivity contribution < 1.29 is 13.9 Å². The second-order valence-corrected chi connectivity index (χ2v) is 9.59. The Balaban J connectivity index is 1.35. The average molecular weight is 500 g/mol. The normalized spacial score (nSPS) is 16.4. The summed E-state index contributed by atoms with van der Waals surface area (Å²) in [6.45, 7) is 2.64. The smallest absolute Gasteiger partial charge is 0.123 e. The minimum Gasteiger partial charge on any atom is -0.385 e. The van der Waals surface area contributed by atoms with Crippen LogP contribution in [0, 0.1) is 11.6 Å². The van der Waals surface area contributed by atoms with Gasteiger partial charge in [0.2, 0.25) is 0 Å². The molecule has 3 aromatic carbocycles. The van der Waals surface area contributed by atoms with Crippen LogP contribution < -0.4 is 0 Å². The zero-order valence-electron chi connectivity index (χ0n) is 18.0. The number of hydrogen-bond acceptors (Lipinski definition) is 2. The van der Waals surface area contributed by atoms with E-state index in [1.807, 2.05) is 48.5 Å². The molecule has 0 saturated carbocycles. The number of hydrogen-bond donors (Lipinski definition) is 1. The zero-order chi connectivity index (χ0) is 22.6. The Morgan fingerprint density at radius 1 is 0.812 bits per heavy atom. The van der Waals surface area contributed by atoms with E-state index >= 15 is 0 Å². The van der Waals surface area contributed by atoms with Gasteiger partial charge in [-0.25, -0.2) is 8.78 Å². The molecule has 0 unspecified atom stereocenters. The van der Waals surface area contributed by atoms with Crippen LogP contribution in [-0.4, -0.2) is 29.6 Å². The summed E-state index contributed by atoms with van der Waals surface area (Å²) >= 11 is 3.45. The molecule has 3 aromatic rings. The van der Waals surface area contributed by atoms with Crippen molar-refractivity contribution in [3.63, 3.8) is 0 Å². The van der Waals surface area contributed by atoms with Crippen LogP contribution in [0.2, 0.25) is 0 Å². The molecule has 1 saturated heterocycles. The molecule has 0 bridgehead atoms. The fraction of sp³-hybridized carbons (Fsp3) is 0.333. The van der Waals surface area contributed by atoms with Crippen LogP contribution >= 0.6 is 15.9 Å². The molecule has 1 N–H and O–H groups in total. The molecule has 0 spiro atoms. The van der Waals surface area contributed by atoms with Gasteiger partial charge in [0.05, 0.1) is 5.60 Å². The van der Waals surface area contributed by atoms with Crippen LogP contribution in [-0.2, 0) is 5.60 Å². The third-order valence-corrected chi connectivity index (χ3v) is 7.11. The average Bonchev–Trinajstić information content (AvgIpc) is 2.80. The number of rotatable bonds is 7.